The minimum absolute atomic E-state index is 0.0379. The highest BCUT2D eigenvalue weighted by atomic mass is 19.4. The van der Waals surface area contributed by atoms with Crippen molar-refractivity contribution in [2.45, 2.75) is 56.5 Å². The van der Waals surface area contributed by atoms with Crippen LogP contribution >= 0.6 is 0 Å². The quantitative estimate of drug-likeness (QED) is 0.386. The Bertz CT molecular complexity index is 1340. The van der Waals surface area contributed by atoms with E-state index in [1.165, 1.54) is 38.4 Å². The number of carbonyl (C=O) groups excluding carboxylic acids is 1. The Kier molecular flexibility index (Phi) is 6.65. The molecule has 9 heteroatoms. The molecule has 0 atom stereocenters. The van der Waals surface area contributed by atoms with Crippen LogP contribution in [0.4, 0.5) is 18.9 Å². The lowest BCUT2D eigenvalue weighted by molar-refractivity contribution is -0.141. The number of anilines is 1. The van der Waals surface area contributed by atoms with Crippen LogP contribution in [0.15, 0.2) is 48.5 Å². The summed E-state index contributed by atoms with van der Waals surface area (Å²) in [5.41, 5.74) is 1.41. The van der Waals surface area contributed by atoms with E-state index in [4.69, 9.17) is 4.74 Å². The van der Waals surface area contributed by atoms with E-state index in [9.17, 15) is 18.0 Å². The molecule has 1 amide bonds. The van der Waals surface area contributed by atoms with Gasteiger partial charge in [-0.3, -0.25) is 4.79 Å². The van der Waals surface area contributed by atoms with E-state index in [-0.39, 0.29) is 29.6 Å². The Morgan fingerprint density at radius 3 is 2.15 bits per heavy atom. The molecule has 1 saturated heterocycles. The fourth-order valence-corrected chi connectivity index (χ4v) is 6.70. The molecule has 206 valence electrons. The molecule has 2 aliphatic heterocycles. The number of hydrogen-bond donors (Lipinski definition) is 0. The van der Waals surface area contributed by atoms with Gasteiger partial charge in [0.25, 0.3) is 5.91 Å². The summed E-state index contributed by atoms with van der Waals surface area (Å²) in [6.45, 7) is 3.56. The van der Waals surface area contributed by atoms with E-state index in [2.05, 4.69) is 22.1 Å². The van der Waals surface area contributed by atoms with Gasteiger partial charge >= 0.3 is 6.18 Å². The number of alkyl halides is 3. The van der Waals surface area contributed by atoms with Crippen molar-refractivity contribution in [3.8, 4) is 11.4 Å². The standard InChI is InChI=1S/C30H33F3N4O2/c1-39-24-12-10-23(11-13-24)37-26-25(27(34-37)30(31,32)33)14-19-36(28(26)38)22-8-6-21(7-9-22)29(15-2-3-16-29)20-35-17-4-5-18-35/h6-13H,2-5,14-20H2,1H3. The van der Waals surface area contributed by atoms with E-state index >= 15 is 0 Å². The molecule has 0 spiro atoms. The van der Waals surface area contributed by atoms with E-state index in [1.807, 2.05) is 12.1 Å². The van der Waals surface area contributed by atoms with Crippen molar-refractivity contribution in [1.29, 1.82) is 0 Å². The van der Waals surface area contributed by atoms with Gasteiger partial charge in [-0.2, -0.15) is 18.3 Å². The molecular formula is C30H33F3N4O2. The summed E-state index contributed by atoms with van der Waals surface area (Å²) in [4.78, 5) is 17.9. The van der Waals surface area contributed by atoms with Crippen LogP contribution in [0.3, 0.4) is 0 Å². The highest BCUT2D eigenvalue weighted by molar-refractivity contribution is 6.07. The summed E-state index contributed by atoms with van der Waals surface area (Å²) < 4.78 is 48.1. The maximum atomic E-state index is 13.9. The first kappa shape index (κ1) is 25.9. The lowest BCUT2D eigenvalue weighted by Crippen LogP contribution is -2.39. The van der Waals surface area contributed by atoms with Crippen molar-refractivity contribution in [2.24, 2.45) is 0 Å². The number of aromatic nitrogens is 2. The summed E-state index contributed by atoms with van der Waals surface area (Å²) in [7, 11) is 1.51. The number of rotatable bonds is 6. The summed E-state index contributed by atoms with van der Waals surface area (Å²) >= 11 is 0. The molecule has 0 N–H and O–H groups in total. The number of hydrogen-bond acceptors (Lipinski definition) is 4. The molecule has 1 aromatic heterocycles. The number of carbonyl (C=O) groups is 1. The lowest BCUT2D eigenvalue weighted by atomic mass is 9.78. The zero-order valence-electron chi connectivity index (χ0n) is 22.1. The highest BCUT2D eigenvalue weighted by Crippen LogP contribution is 2.43. The van der Waals surface area contributed by atoms with E-state index in [1.54, 1.807) is 29.2 Å². The van der Waals surface area contributed by atoms with Crippen molar-refractivity contribution in [3.63, 3.8) is 0 Å². The van der Waals surface area contributed by atoms with Crippen LogP contribution in [0, 0.1) is 0 Å². The monoisotopic (exact) mass is 538 g/mol. The Labute approximate surface area is 226 Å². The number of likely N-dealkylation sites (tertiary alicyclic amines) is 1. The predicted molar refractivity (Wildman–Crippen MR) is 143 cm³/mol. The van der Waals surface area contributed by atoms with E-state index in [0.29, 0.717) is 17.1 Å². The summed E-state index contributed by atoms with van der Waals surface area (Å²) in [6.07, 6.45) is 2.71. The highest BCUT2D eigenvalue weighted by Gasteiger charge is 2.43. The zero-order chi connectivity index (χ0) is 27.2. The van der Waals surface area contributed by atoms with Crippen molar-refractivity contribution >= 4 is 11.6 Å². The Morgan fingerprint density at radius 1 is 0.897 bits per heavy atom. The van der Waals surface area contributed by atoms with Crippen molar-refractivity contribution in [3.05, 3.63) is 71.0 Å². The van der Waals surface area contributed by atoms with Gasteiger partial charge in [-0.05, 0) is 87.2 Å². The normalized spacial score (nSPS) is 19.5. The molecule has 6 rings (SSSR count). The maximum Gasteiger partial charge on any atom is 0.435 e. The molecule has 2 aromatic carbocycles. The van der Waals surface area contributed by atoms with Crippen LogP contribution in [0.2, 0.25) is 0 Å². The maximum absolute atomic E-state index is 13.9. The lowest BCUT2D eigenvalue weighted by Gasteiger charge is -2.35. The van der Waals surface area contributed by atoms with Crippen LogP contribution in [0.5, 0.6) is 5.75 Å². The third kappa shape index (κ3) is 4.71. The second-order valence-electron chi connectivity index (χ2n) is 11.0. The van der Waals surface area contributed by atoms with E-state index < -0.39 is 17.8 Å². The number of methoxy groups -OCH3 is 1. The third-order valence-electron chi connectivity index (χ3n) is 8.68. The van der Waals surface area contributed by atoms with Gasteiger partial charge in [0.2, 0.25) is 0 Å². The molecule has 6 nitrogen and oxygen atoms in total. The molecule has 2 fully saturated rings. The summed E-state index contributed by atoms with van der Waals surface area (Å²) in [5, 5.41) is 3.89. The molecular weight excluding hydrogens is 505 g/mol. The average Bonchev–Trinajstić information content (AvgIpc) is 3.70. The Balaban J connectivity index is 1.32. The number of halogens is 3. The first-order chi connectivity index (χ1) is 18.8. The number of fused-ring (bicyclic) bond motifs is 1. The zero-order valence-corrected chi connectivity index (χ0v) is 22.1. The van der Waals surface area contributed by atoms with Gasteiger partial charge in [-0.25, -0.2) is 4.68 Å². The van der Waals surface area contributed by atoms with Crippen LogP contribution < -0.4 is 9.64 Å². The number of nitrogens with zero attached hydrogens (tertiary/aromatic N) is 4. The second-order valence-corrected chi connectivity index (χ2v) is 11.0. The Morgan fingerprint density at radius 2 is 1.54 bits per heavy atom. The molecule has 1 aliphatic carbocycles. The number of ether oxygens (including phenoxy) is 1. The third-order valence-corrected chi connectivity index (χ3v) is 8.68. The summed E-state index contributed by atoms with van der Waals surface area (Å²) in [6, 6.07) is 14.7. The molecule has 3 aromatic rings. The van der Waals surface area contributed by atoms with Gasteiger partial charge in [0.05, 0.1) is 12.8 Å². The topological polar surface area (TPSA) is 50.6 Å². The van der Waals surface area contributed by atoms with Gasteiger partial charge in [0.1, 0.15) is 11.4 Å². The molecule has 3 aliphatic rings. The van der Waals surface area contributed by atoms with Gasteiger partial charge in [-0.15, -0.1) is 0 Å². The molecule has 0 bridgehead atoms. The van der Waals surface area contributed by atoms with Crippen LogP contribution in [-0.2, 0) is 18.0 Å². The van der Waals surface area contributed by atoms with Crippen LogP contribution in [0.25, 0.3) is 5.69 Å². The van der Waals surface area contributed by atoms with Gasteiger partial charge in [0.15, 0.2) is 5.69 Å². The van der Waals surface area contributed by atoms with Crippen molar-refractivity contribution in [1.82, 2.24) is 14.7 Å². The first-order valence-corrected chi connectivity index (χ1v) is 13.8. The SMILES string of the molecule is COc1ccc(-n2nc(C(F)(F)F)c3c2C(=O)N(c2ccc(C4(CN5CCCC5)CCCC4)cc2)CC3)cc1. The number of amides is 1. The first-order valence-electron chi connectivity index (χ1n) is 13.8. The van der Waals surface area contributed by atoms with Crippen molar-refractivity contribution in [2.75, 3.05) is 38.2 Å². The second kappa shape index (κ2) is 10.0. The largest absolute Gasteiger partial charge is 0.497 e. The molecule has 0 unspecified atom stereocenters. The van der Waals surface area contributed by atoms with Gasteiger partial charge in [0, 0.05) is 29.8 Å². The molecule has 0 radical (unpaired) electrons. The Hall–Kier alpha value is -3.33. The van der Waals surface area contributed by atoms with Crippen LogP contribution in [0.1, 0.15) is 65.8 Å². The van der Waals surface area contributed by atoms with Crippen LogP contribution in [-0.4, -0.2) is 53.9 Å². The van der Waals surface area contributed by atoms with Gasteiger partial charge < -0.3 is 14.5 Å². The smallest absolute Gasteiger partial charge is 0.435 e. The summed E-state index contributed by atoms with van der Waals surface area (Å²) in [5.74, 6) is 0.0871. The number of benzene rings is 2. The molecule has 39 heavy (non-hydrogen) atoms. The average molecular weight is 539 g/mol. The minimum atomic E-state index is -4.66. The van der Waals surface area contributed by atoms with Gasteiger partial charge in [-0.1, -0.05) is 25.0 Å². The minimum Gasteiger partial charge on any atom is -0.497 e. The predicted octanol–water partition coefficient (Wildman–Crippen LogP) is 6.01. The fourth-order valence-electron chi connectivity index (χ4n) is 6.70. The molecule has 1 saturated carbocycles. The molecule has 3 heterocycles. The van der Waals surface area contributed by atoms with Crippen molar-refractivity contribution < 1.29 is 22.7 Å². The fraction of sp³-hybridized carbons (Fsp3) is 0.467. The van der Waals surface area contributed by atoms with E-state index in [0.717, 1.165) is 37.2 Å².